The summed E-state index contributed by atoms with van der Waals surface area (Å²) in [5, 5.41) is 10.1. The van der Waals surface area contributed by atoms with Crippen LogP contribution in [0, 0.1) is 11.7 Å². The molecule has 1 fully saturated rings. The summed E-state index contributed by atoms with van der Waals surface area (Å²) in [5.41, 5.74) is 2.21. The summed E-state index contributed by atoms with van der Waals surface area (Å²) >= 11 is 0. The van der Waals surface area contributed by atoms with Crippen molar-refractivity contribution in [1.82, 2.24) is 4.90 Å². The van der Waals surface area contributed by atoms with Crippen LogP contribution in [0.2, 0.25) is 0 Å². The molecule has 1 aromatic carbocycles. The number of benzene rings is 1. The number of aliphatic hydroxyl groups is 1. The molecule has 0 amide bonds. The van der Waals surface area contributed by atoms with E-state index in [1.54, 1.807) is 12.1 Å². The lowest BCUT2D eigenvalue weighted by molar-refractivity contribution is 0.0509. The summed E-state index contributed by atoms with van der Waals surface area (Å²) < 4.78 is 12.9. The van der Waals surface area contributed by atoms with Crippen molar-refractivity contribution in [3.05, 3.63) is 41.7 Å². The molecule has 2 nitrogen and oxygen atoms in total. The molecule has 0 aromatic heterocycles. The molecule has 0 aliphatic carbocycles. The number of aliphatic hydroxyl groups excluding tert-OH is 1. The standard InChI is InChI=1S/C14H16FNO/c15-11-3-1-10(2-4-11)12-5-7-16-8-6-14(17)13(12)9-16/h1-5,13-14,17H,6-9H2/t13-,14-/m1/s1. The Morgan fingerprint density at radius 1 is 1.24 bits per heavy atom. The third-order valence-electron chi connectivity index (χ3n) is 3.81. The van der Waals surface area contributed by atoms with Gasteiger partial charge in [-0.3, -0.25) is 4.90 Å². The van der Waals surface area contributed by atoms with E-state index < -0.39 is 0 Å². The highest BCUT2D eigenvalue weighted by Gasteiger charge is 2.33. The third kappa shape index (κ3) is 2.01. The lowest BCUT2D eigenvalue weighted by atomic mass is 9.81. The van der Waals surface area contributed by atoms with E-state index in [1.165, 1.54) is 17.7 Å². The average molecular weight is 233 g/mol. The quantitative estimate of drug-likeness (QED) is 0.801. The van der Waals surface area contributed by atoms with Gasteiger partial charge in [-0.15, -0.1) is 0 Å². The van der Waals surface area contributed by atoms with Gasteiger partial charge in [0.25, 0.3) is 0 Å². The molecular formula is C14H16FNO. The molecule has 1 unspecified atom stereocenters. The van der Waals surface area contributed by atoms with Gasteiger partial charge in [-0.2, -0.15) is 0 Å². The highest BCUT2D eigenvalue weighted by Crippen LogP contribution is 2.34. The second-order valence-electron chi connectivity index (χ2n) is 4.89. The van der Waals surface area contributed by atoms with Gasteiger partial charge in [0, 0.05) is 25.6 Å². The minimum absolute atomic E-state index is 0.183. The topological polar surface area (TPSA) is 23.5 Å². The van der Waals surface area contributed by atoms with Gasteiger partial charge in [0.1, 0.15) is 5.82 Å². The third-order valence-corrected chi connectivity index (χ3v) is 3.81. The van der Waals surface area contributed by atoms with Gasteiger partial charge < -0.3 is 5.11 Å². The van der Waals surface area contributed by atoms with E-state index >= 15 is 0 Å². The molecular weight excluding hydrogens is 217 g/mol. The predicted molar refractivity (Wildman–Crippen MR) is 64.9 cm³/mol. The number of fused-ring (bicyclic) bond motifs is 2. The van der Waals surface area contributed by atoms with Crippen LogP contribution in [-0.2, 0) is 0 Å². The molecule has 1 N–H and O–H groups in total. The second-order valence-corrected chi connectivity index (χ2v) is 4.89. The summed E-state index contributed by atoms with van der Waals surface area (Å²) in [5.74, 6) is -0.0288. The van der Waals surface area contributed by atoms with Crippen molar-refractivity contribution in [1.29, 1.82) is 0 Å². The van der Waals surface area contributed by atoms with Crippen molar-refractivity contribution in [3.8, 4) is 0 Å². The molecule has 3 atom stereocenters. The highest BCUT2D eigenvalue weighted by atomic mass is 19.1. The van der Waals surface area contributed by atoms with Gasteiger partial charge in [0.15, 0.2) is 0 Å². The fourth-order valence-corrected chi connectivity index (χ4v) is 2.83. The number of hydrogen-bond acceptors (Lipinski definition) is 2. The molecule has 90 valence electrons. The van der Waals surface area contributed by atoms with Crippen LogP contribution in [0.1, 0.15) is 12.0 Å². The first kappa shape index (κ1) is 10.9. The van der Waals surface area contributed by atoms with Gasteiger partial charge in [-0.25, -0.2) is 4.39 Å². The van der Waals surface area contributed by atoms with Gasteiger partial charge in [0.2, 0.25) is 0 Å². The van der Waals surface area contributed by atoms with Crippen LogP contribution in [0.5, 0.6) is 0 Å². The van der Waals surface area contributed by atoms with Crippen molar-refractivity contribution in [2.45, 2.75) is 12.5 Å². The van der Waals surface area contributed by atoms with Crippen LogP contribution in [0.25, 0.3) is 5.57 Å². The Balaban J connectivity index is 1.94. The SMILES string of the molecule is O[C@@H]1CCN2CC=C(c3ccc(F)cc3)[C@H]1C2. The first-order valence-corrected chi connectivity index (χ1v) is 6.10. The minimum atomic E-state index is -0.261. The van der Waals surface area contributed by atoms with Crippen molar-refractivity contribution in [2.75, 3.05) is 19.6 Å². The summed E-state index contributed by atoms with van der Waals surface area (Å²) in [6, 6.07) is 6.58. The van der Waals surface area contributed by atoms with E-state index in [1.807, 2.05) is 0 Å². The van der Waals surface area contributed by atoms with E-state index in [2.05, 4.69) is 11.0 Å². The Bertz CT molecular complexity index is 440. The predicted octanol–water partition coefficient (Wildman–Crippen LogP) is 1.91. The molecule has 2 aliphatic heterocycles. The molecule has 1 aromatic rings. The smallest absolute Gasteiger partial charge is 0.123 e. The van der Waals surface area contributed by atoms with E-state index in [0.29, 0.717) is 0 Å². The second kappa shape index (κ2) is 4.24. The zero-order chi connectivity index (χ0) is 11.8. The monoisotopic (exact) mass is 233 g/mol. The Hall–Kier alpha value is -1.19. The fraction of sp³-hybridized carbons (Fsp3) is 0.429. The molecule has 17 heavy (non-hydrogen) atoms. The first-order valence-electron chi connectivity index (χ1n) is 6.10. The number of halogens is 1. The zero-order valence-corrected chi connectivity index (χ0v) is 9.64. The Morgan fingerprint density at radius 2 is 2.00 bits per heavy atom. The summed E-state index contributed by atoms with van der Waals surface area (Å²) in [6.07, 6.45) is 2.75. The zero-order valence-electron chi connectivity index (χ0n) is 9.64. The Morgan fingerprint density at radius 3 is 2.76 bits per heavy atom. The molecule has 3 rings (SSSR count). The number of rotatable bonds is 1. The van der Waals surface area contributed by atoms with Crippen LogP contribution < -0.4 is 0 Å². The van der Waals surface area contributed by atoms with Gasteiger partial charge >= 0.3 is 0 Å². The Kier molecular flexibility index (Phi) is 2.73. The van der Waals surface area contributed by atoms with E-state index in [-0.39, 0.29) is 17.8 Å². The van der Waals surface area contributed by atoms with Gasteiger partial charge in [0.05, 0.1) is 6.10 Å². The molecule has 0 saturated carbocycles. The summed E-state index contributed by atoms with van der Waals surface area (Å²) in [7, 11) is 0. The largest absolute Gasteiger partial charge is 0.392 e. The summed E-state index contributed by atoms with van der Waals surface area (Å²) in [4.78, 5) is 2.35. The fourth-order valence-electron chi connectivity index (χ4n) is 2.83. The molecule has 0 spiro atoms. The van der Waals surface area contributed by atoms with Gasteiger partial charge in [-0.05, 0) is 29.7 Å². The van der Waals surface area contributed by atoms with E-state index in [0.717, 1.165) is 31.6 Å². The molecule has 3 heteroatoms. The van der Waals surface area contributed by atoms with Crippen LogP contribution in [-0.4, -0.2) is 35.7 Å². The van der Waals surface area contributed by atoms with Crippen molar-refractivity contribution < 1.29 is 9.50 Å². The van der Waals surface area contributed by atoms with Crippen LogP contribution >= 0.6 is 0 Å². The number of nitrogens with zero attached hydrogens (tertiary/aromatic N) is 1. The van der Waals surface area contributed by atoms with E-state index in [4.69, 9.17) is 0 Å². The van der Waals surface area contributed by atoms with Crippen LogP contribution in [0.4, 0.5) is 4.39 Å². The van der Waals surface area contributed by atoms with Crippen LogP contribution in [0.15, 0.2) is 30.3 Å². The van der Waals surface area contributed by atoms with Crippen molar-refractivity contribution >= 4 is 5.57 Å². The normalized spacial score (nSPS) is 32.1. The lowest BCUT2D eigenvalue weighted by Crippen LogP contribution is -2.46. The van der Waals surface area contributed by atoms with Crippen molar-refractivity contribution in [2.24, 2.45) is 5.92 Å². The number of hydrogen-bond donors (Lipinski definition) is 1. The molecule has 0 radical (unpaired) electrons. The maximum absolute atomic E-state index is 12.9. The number of piperidine rings is 1. The average Bonchev–Trinajstić information content (AvgIpc) is 2.36. The van der Waals surface area contributed by atoms with Crippen LogP contribution in [0.3, 0.4) is 0 Å². The highest BCUT2D eigenvalue weighted by molar-refractivity contribution is 5.69. The maximum atomic E-state index is 12.9. The lowest BCUT2D eigenvalue weighted by Gasteiger charge is -2.40. The molecule has 2 aliphatic rings. The molecule has 2 heterocycles. The van der Waals surface area contributed by atoms with Crippen molar-refractivity contribution in [3.63, 3.8) is 0 Å². The summed E-state index contributed by atoms with van der Waals surface area (Å²) in [6.45, 7) is 2.84. The molecule has 2 bridgehead atoms. The maximum Gasteiger partial charge on any atom is 0.123 e. The first-order chi connectivity index (χ1) is 8.24. The minimum Gasteiger partial charge on any atom is -0.392 e. The van der Waals surface area contributed by atoms with Gasteiger partial charge in [-0.1, -0.05) is 18.2 Å². The Labute approximate surface area is 100 Å². The van der Waals surface area contributed by atoms with E-state index in [9.17, 15) is 9.50 Å². The molecule has 1 saturated heterocycles.